The number of rotatable bonds is 3. The molecule has 0 saturated heterocycles. The van der Waals surface area contributed by atoms with E-state index in [4.69, 9.17) is 0 Å². The summed E-state index contributed by atoms with van der Waals surface area (Å²) in [6, 6.07) is 14.1. The second-order valence-electron chi connectivity index (χ2n) is 3.46. The fourth-order valence-electron chi connectivity index (χ4n) is 1.40. The molecule has 1 aromatic heterocycles. The second-order valence-corrected chi connectivity index (χ2v) is 4.31. The van der Waals surface area contributed by atoms with Crippen LogP contribution in [0.4, 0.5) is 5.69 Å². The minimum absolute atomic E-state index is 0.992. The monoisotopic (exact) mass is 276 g/mol. The molecule has 2 aromatic rings. The van der Waals surface area contributed by atoms with E-state index in [1.165, 1.54) is 0 Å². The fraction of sp³-hybridized carbons (Fsp3) is 0.0769. The molecule has 80 valence electrons. The van der Waals surface area contributed by atoms with Gasteiger partial charge in [0.05, 0.1) is 0 Å². The average Bonchev–Trinajstić information content (AvgIpc) is 2.33. The van der Waals surface area contributed by atoms with E-state index in [0.29, 0.717) is 0 Å². The van der Waals surface area contributed by atoms with Gasteiger partial charge in [-0.3, -0.25) is 0 Å². The van der Waals surface area contributed by atoms with Gasteiger partial charge < -0.3 is 0 Å². The number of hydrogen-bond donors (Lipinski definition) is 1. The van der Waals surface area contributed by atoms with Gasteiger partial charge in [-0.25, -0.2) is 0 Å². The van der Waals surface area contributed by atoms with Crippen LogP contribution in [0.1, 0.15) is 11.3 Å². The van der Waals surface area contributed by atoms with Gasteiger partial charge in [-0.15, -0.1) is 0 Å². The van der Waals surface area contributed by atoms with Gasteiger partial charge in [0.15, 0.2) is 0 Å². The Balaban J connectivity index is 2.18. The van der Waals surface area contributed by atoms with Gasteiger partial charge in [0.25, 0.3) is 0 Å². The fourth-order valence-corrected chi connectivity index (χ4v) is 1.92. The Morgan fingerprint density at radius 2 is 1.88 bits per heavy atom. The number of aryl methyl sites for hydroxylation is 1. The Bertz CT molecular complexity index is 494. The summed E-state index contributed by atoms with van der Waals surface area (Å²) in [5, 5.41) is 3.33. The number of nitrogens with zero attached hydrogens (tertiary/aromatic N) is 1. The van der Waals surface area contributed by atoms with E-state index in [0.717, 1.165) is 21.5 Å². The molecule has 0 spiro atoms. The van der Waals surface area contributed by atoms with E-state index >= 15 is 0 Å². The first-order valence-corrected chi connectivity index (χ1v) is 5.91. The first-order chi connectivity index (χ1) is 7.77. The zero-order chi connectivity index (χ0) is 11.4. The van der Waals surface area contributed by atoms with Crippen LogP contribution in [0.3, 0.4) is 0 Å². The predicted octanol–water partition coefficient (Wildman–Crippen LogP) is 2.15. The summed E-state index contributed by atoms with van der Waals surface area (Å²) in [5.41, 5.74) is 3.16. The SMILES string of the molecule is Cc1ncccc1NC(=[Se])c1ccccc1. The minimum atomic E-state index is 0.992. The molecule has 0 unspecified atom stereocenters. The molecule has 0 aliphatic heterocycles. The molecule has 1 aromatic carbocycles. The van der Waals surface area contributed by atoms with Crippen LogP contribution in [0.25, 0.3) is 0 Å². The zero-order valence-electron chi connectivity index (χ0n) is 8.97. The van der Waals surface area contributed by atoms with Crippen molar-refractivity contribution >= 4 is 25.8 Å². The number of hydrogen-bond acceptors (Lipinski definition) is 2. The summed E-state index contributed by atoms with van der Waals surface area (Å²) >= 11 is 3.05. The summed E-state index contributed by atoms with van der Waals surface area (Å²) < 4.78 is 1.01. The van der Waals surface area contributed by atoms with E-state index in [1.54, 1.807) is 6.20 Å². The first kappa shape index (κ1) is 11.1. The summed E-state index contributed by atoms with van der Waals surface area (Å²) in [6.45, 7) is 1.99. The van der Waals surface area contributed by atoms with E-state index in [2.05, 4.69) is 38.0 Å². The normalized spacial score (nSPS) is 9.81. The van der Waals surface area contributed by atoms with Crippen molar-refractivity contribution < 1.29 is 0 Å². The molecule has 2 nitrogen and oxygen atoms in total. The summed E-state index contributed by atoms with van der Waals surface area (Å²) in [5.74, 6) is 0. The number of benzene rings is 1. The Hall–Kier alpha value is -1.44. The zero-order valence-corrected chi connectivity index (χ0v) is 10.7. The molecule has 1 N–H and O–H groups in total. The molecule has 0 aliphatic carbocycles. The van der Waals surface area contributed by atoms with Crippen LogP contribution >= 0.6 is 0 Å². The number of aromatic nitrogens is 1. The van der Waals surface area contributed by atoms with Crippen molar-refractivity contribution in [3.05, 3.63) is 59.9 Å². The molecule has 3 heteroatoms. The molecule has 2 rings (SSSR count). The van der Waals surface area contributed by atoms with Crippen molar-refractivity contribution in [3.63, 3.8) is 0 Å². The third kappa shape index (κ3) is 2.57. The van der Waals surface area contributed by atoms with E-state index < -0.39 is 0 Å². The van der Waals surface area contributed by atoms with Crippen LogP contribution in [-0.4, -0.2) is 25.1 Å². The second kappa shape index (κ2) is 5.06. The van der Waals surface area contributed by atoms with Crippen LogP contribution < -0.4 is 5.32 Å². The van der Waals surface area contributed by atoms with Crippen molar-refractivity contribution in [3.8, 4) is 0 Å². The molecular formula is C13H12N2Se. The summed E-state index contributed by atoms with van der Waals surface area (Å²) in [6.07, 6.45) is 1.79. The number of anilines is 1. The molecule has 0 aliphatic rings. The Morgan fingerprint density at radius 3 is 2.56 bits per heavy atom. The van der Waals surface area contributed by atoms with E-state index in [9.17, 15) is 0 Å². The Kier molecular flexibility index (Phi) is 3.50. The summed E-state index contributed by atoms with van der Waals surface area (Å²) in [4.78, 5) is 4.24. The molecule has 0 bridgehead atoms. The number of nitrogens with one attached hydrogen (secondary N) is 1. The molecule has 0 amide bonds. The Labute approximate surface area is 103 Å². The van der Waals surface area contributed by atoms with E-state index in [1.807, 2.05) is 37.3 Å². The quantitative estimate of drug-likeness (QED) is 0.868. The molecule has 1 heterocycles. The van der Waals surface area contributed by atoms with Crippen molar-refractivity contribution in [1.29, 1.82) is 0 Å². The number of pyridine rings is 1. The molecule has 16 heavy (non-hydrogen) atoms. The average molecular weight is 275 g/mol. The van der Waals surface area contributed by atoms with Crippen LogP contribution in [0.5, 0.6) is 0 Å². The molecule has 0 saturated carbocycles. The van der Waals surface area contributed by atoms with Gasteiger partial charge in [-0.05, 0) is 0 Å². The van der Waals surface area contributed by atoms with Crippen molar-refractivity contribution in [1.82, 2.24) is 4.98 Å². The molecular weight excluding hydrogens is 263 g/mol. The standard InChI is InChI=1S/C13H12N2Se/c1-10-12(8-5-9-14-10)15-13(16)11-6-3-2-4-7-11/h2-9H,1H3,(H,15,16). The van der Waals surface area contributed by atoms with Crippen LogP contribution in [-0.2, 0) is 0 Å². The third-order valence-electron chi connectivity index (χ3n) is 2.29. The van der Waals surface area contributed by atoms with Gasteiger partial charge in [0.1, 0.15) is 0 Å². The molecule has 0 radical (unpaired) electrons. The van der Waals surface area contributed by atoms with Crippen LogP contribution in [0, 0.1) is 6.92 Å². The van der Waals surface area contributed by atoms with Gasteiger partial charge in [0, 0.05) is 0 Å². The van der Waals surface area contributed by atoms with Crippen LogP contribution in [0.2, 0.25) is 0 Å². The van der Waals surface area contributed by atoms with Gasteiger partial charge >= 0.3 is 103 Å². The predicted molar refractivity (Wildman–Crippen MR) is 68.9 cm³/mol. The van der Waals surface area contributed by atoms with Crippen molar-refractivity contribution in [2.45, 2.75) is 6.92 Å². The molecule has 0 fully saturated rings. The van der Waals surface area contributed by atoms with Gasteiger partial charge in [-0.1, -0.05) is 0 Å². The maximum atomic E-state index is 4.24. The first-order valence-electron chi connectivity index (χ1n) is 5.05. The van der Waals surface area contributed by atoms with Crippen molar-refractivity contribution in [2.75, 3.05) is 5.32 Å². The van der Waals surface area contributed by atoms with Crippen LogP contribution in [0.15, 0.2) is 48.7 Å². The third-order valence-corrected chi connectivity index (χ3v) is 3.00. The summed E-state index contributed by atoms with van der Waals surface area (Å²) in [7, 11) is 0. The Morgan fingerprint density at radius 1 is 1.12 bits per heavy atom. The maximum absolute atomic E-state index is 4.24. The van der Waals surface area contributed by atoms with Gasteiger partial charge in [-0.2, -0.15) is 0 Å². The van der Waals surface area contributed by atoms with E-state index in [-0.39, 0.29) is 0 Å². The topological polar surface area (TPSA) is 24.9 Å². The molecule has 0 atom stereocenters. The van der Waals surface area contributed by atoms with Gasteiger partial charge in [0.2, 0.25) is 0 Å². The van der Waals surface area contributed by atoms with Crippen molar-refractivity contribution in [2.24, 2.45) is 0 Å².